The number of hydrogen-bond acceptors (Lipinski definition) is 3. The van der Waals surface area contributed by atoms with E-state index in [4.69, 9.17) is 0 Å². The highest BCUT2D eigenvalue weighted by atomic mass is 19.1. The summed E-state index contributed by atoms with van der Waals surface area (Å²) in [6.07, 6.45) is 2.00. The largest absolute Gasteiger partial charge is 0.507 e. The van der Waals surface area contributed by atoms with Gasteiger partial charge in [-0.25, -0.2) is 9.18 Å². The Hall–Kier alpha value is -2.11. The molecule has 0 aliphatic heterocycles. The molecule has 5 nitrogen and oxygen atoms in total. The highest BCUT2D eigenvalue weighted by molar-refractivity contribution is 6.00. The summed E-state index contributed by atoms with van der Waals surface area (Å²) in [5, 5.41) is 21.1. The van der Waals surface area contributed by atoms with E-state index < -0.39 is 34.5 Å². The number of carboxylic acid groups (broad SMARTS) is 1. The average Bonchev–Trinajstić information content (AvgIpc) is 2.78. The van der Waals surface area contributed by atoms with Gasteiger partial charge in [-0.1, -0.05) is 18.9 Å². The second-order valence-corrected chi connectivity index (χ2v) is 4.68. The molecule has 2 rings (SSSR count). The molecule has 0 atom stereocenters. The molecule has 0 spiro atoms. The second kappa shape index (κ2) is 4.87. The predicted molar refractivity (Wildman–Crippen MR) is 64.4 cm³/mol. The van der Waals surface area contributed by atoms with E-state index in [-0.39, 0.29) is 0 Å². The number of carbonyl (C=O) groups is 2. The first-order chi connectivity index (χ1) is 8.96. The standard InChI is InChI=1S/C13H14FNO4/c14-8-4-3-5-9(16)10(8)11(17)15-13(12(18)19)6-1-2-7-13/h3-5,16H,1-2,6-7H2,(H,15,17)(H,18,19). The fourth-order valence-corrected chi connectivity index (χ4v) is 2.39. The fraction of sp³-hybridized carbons (Fsp3) is 0.385. The molecule has 1 aromatic rings. The van der Waals surface area contributed by atoms with Crippen LogP contribution in [0, 0.1) is 5.82 Å². The van der Waals surface area contributed by atoms with Gasteiger partial charge in [-0.2, -0.15) is 0 Å². The Morgan fingerprint density at radius 3 is 2.42 bits per heavy atom. The van der Waals surface area contributed by atoms with Crippen molar-refractivity contribution >= 4 is 11.9 Å². The first-order valence-electron chi connectivity index (χ1n) is 6.00. The minimum atomic E-state index is -1.36. The summed E-state index contributed by atoms with van der Waals surface area (Å²) < 4.78 is 13.5. The topological polar surface area (TPSA) is 86.6 Å². The molecule has 0 radical (unpaired) electrons. The van der Waals surface area contributed by atoms with E-state index in [0.717, 1.165) is 6.07 Å². The Bertz CT molecular complexity index is 503. The number of phenols is 1. The van der Waals surface area contributed by atoms with Crippen LogP contribution in [0.15, 0.2) is 18.2 Å². The zero-order valence-corrected chi connectivity index (χ0v) is 10.1. The summed E-state index contributed by atoms with van der Waals surface area (Å²) in [7, 11) is 0. The second-order valence-electron chi connectivity index (χ2n) is 4.68. The van der Waals surface area contributed by atoms with Gasteiger partial charge in [0.15, 0.2) is 0 Å². The Kier molecular flexibility index (Phi) is 3.42. The SMILES string of the molecule is O=C(NC1(C(=O)O)CCCC1)c1c(O)cccc1F. The van der Waals surface area contributed by atoms with Gasteiger partial charge < -0.3 is 15.5 Å². The van der Waals surface area contributed by atoms with Gasteiger partial charge in [0.05, 0.1) is 0 Å². The number of aliphatic carboxylic acids is 1. The van der Waals surface area contributed by atoms with Gasteiger partial charge in [0.1, 0.15) is 22.7 Å². The first kappa shape index (κ1) is 13.3. The van der Waals surface area contributed by atoms with E-state index in [9.17, 15) is 24.2 Å². The van der Waals surface area contributed by atoms with Crippen molar-refractivity contribution in [2.45, 2.75) is 31.2 Å². The third kappa shape index (κ3) is 2.38. The lowest BCUT2D eigenvalue weighted by atomic mass is 9.97. The minimum Gasteiger partial charge on any atom is -0.507 e. The molecular formula is C13H14FNO4. The first-order valence-corrected chi connectivity index (χ1v) is 6.00. The zero-order valence-electron chi connectivity index (χ0n) is 10.1. The van der Waals surface area contributed by atoms with Crippen molar-refractivity contribution in [3.8, 4) is 5.75 Å². The third-order valence-electron chi connectivity index (χ3n) is 3.44. The normalized spacial score (nSPS) is 17.1. The molecular weight excluding hydrogens is 253 g/mol. The van der Waals surface area contributed by atoms with Crippen molar-refractivity contribution in [3.05, 3.63) is 29.6 Å². The third-order valence-corrected chi connectivity index (χ3v) is 3.44. The molecule has 1 aliphatic rings. The van der Waals surface area contributed by atoms with Gasteiger partial charge in [-0.05, 0) is 25.0 Å². The lowest BCUT2D eigenvalue weighted by Crippen LogP contribution is -2.52. The Morgan fingerprint density at radius 2 is 1.89 bits per heavy atom. The van der Waals surface area contributed by atoms with E-state index in [1.54, 1.807) is 0 Å². The van der Waals surface area contributed by atoms with E-state index in [2.05, 4.69) is 5.32 Å². The number of amides is 1. The summed E-state index contributed by atoms with van der Waals surface area (Å²) in [5.41, 5.74) is -1.87. The van der Waals surface area contributed by atoms with Gasteiger partial charge in [0.2, 0.25) is 0 Å². The van der Waals surface area contributed by atoms with Crippen LogP contribution in [-0.2, 0) is 4.79 Å². The highest BCUT2D eigenvalue weighted by Crippen LogP contribution is 2.31. The van der Waals surface area contributed by atoms with Crippen LogP contribution in [0.4, 0.5) is 4.39 Å². The molecule has 19 heavy (non-hydrogen) atoms. The summed E-state index contributed by atoms with van der Waals surface area (Å²) in [4.78, 5) is 23.3. The smallest absolute Gasteiger partial charge is 0.329 e. The molecule has 0 unspecified atom stereocenters. The average molecular weight is 267 g/mol. The minimum absolute atomic E-state index is 0.309. The van der Waals surface area contributed by atoms with E-state index in [0.29, 0.717) is 25.7 Å². The van der Waals surface area contributed by atoms with E-state index >= 15 is 0 Å². The van der Waals surface area contributed by atoms with E-state index in [1.165, 1.54) is 12.1 Å². The van der Waals surface area contributed by atoms with Crippen molar-refractivity contribution in [2.75, 3.05) is 0 Å². The molecule has 1 aliphatic carbocycles. The van der Waals surface area contributed by atoms with Crippen molar-refractivity contribution in [3.63, 3.8) is 0 Å². The van der Waals surface area contributed by atoms with Crippen LogP contribution in [0.1, 0.15) is 36.0 Å². The van der Waals surface area contributed by atoms with Crippen LogP contribution in [0.3, 0.4) is 0 Å². The number of benzene rings is 1. The number of aromatic hydroxyl groups is 1. The molecule has 0 aromatic heterocycles. The van der Waals surface area contributed by atoms with Crippen molar-refractivity contribution in [1.29, 1.82) is 0 Å². The van der Waals surface area contributed by atoms with Gasteiger partial charge in [0.25, 0.3) is 5.91 Å². The number of nitrogens with one attached hydrogen (secondary N) is 1. The van der Waals surface area contributed by atoms with Gasteiger partial charge >= 0.3 is 5.97 Å². The number of halogens is 1. The number of rotatable bonds is 3. The number of carbonyl (C=O) groups excluding carboxylic acids is 1. The highest BCUT2D eigenvalue weighted by Gasteiger charge is 2.43. The molecule has 6 heteroatoms. The molecule has 3 N–H and O–H groups in total. The maximum absolute atomic E-state index is 13.5. The Labute approximate surface area is 109 Å². The number of carboxylic acids is 1. The maximum atomic E-state index is 13.5. The van der Waals surface area contributed by atoms with Crippen LogP contribution in [0.2, 0.25) is 0 Å². The fourth-order valence-electron chi connectivity index (χ4n) is 2.39. The van der Waals surface area contributed by atoms with Crippen molar-refractivity contribution < 1.29 is 24.2 Å². The summed E-state index contributed by atoms with van der Waals surface area (Å²) in [6, 6.07) is 3.49. The summed E-state index contributed by atoms with van der Waals surface area (Å²) in [6.45, 7) is 0. The molecule has 1 saturated carbocycles. The van der Waals surface area contributed by atoms with Gasteiger partial charge in [-0.3, -0.25) is 4.79 Å². The summed E-state index contributed by atoms with van der Waals surface area (Å²) >= 11 is 0. The maximum Gasteiger partial charge on any atom is 0.329 e. The monoisotopic (exact) mass is 267 g/mol. The van der Waals surface area contributed by atoms with Crippen molar-refractivity contribution in [1.82, 2.24) is 5.32 Å². The molecule has 1 amide bonds. The van der Waals surface area contributed by atoms with Crippen LogP contribution in [0.25, 0.3) is 0 Å². The Morgan fingerprint density at radius 1 is 1.26 bits per heavy atom. The Balaban J connectivity index is 2.28. The van der Waals surface area contributed by atoms with Crippen molar-refractivity contribution in [2.24, 2.45) is 0 Å². The summed E-state index contributed by atoms with van der Waals surface area (Å²) in [5.74, 6) is -3.42. The van der Waals surface area contributed by atoms with Crippen LogP contribution >= 0.6 is 0 Å². The molecule has 1 aromatic carbocycles. The zero-order chi connectivity index (χ0) is 14.0. The lowest BCUT2D eigenvalue weighted by molar-refractivity contribution is -0.144. The predicted octanol–water partition coefficient (Wildman–Crippen LogP) is 1.66. The molecule has 0 heterocycles. The molecule has 0 bridgehead atoms. The molecule has 1 fully saturated rings. The van der Waals surface area contributed by atoms with Gasteiger partial charge in [0, 0.05) is 0 Å². The van der Waals surface area contributed by atoms with Crippen LogP contribution in [-0.4, -0.2) is 27.6 Å². The number of hydrogen-bond donors (Lipinski definition) is 3. The van der Waals surface area contributed by atoms with E-state index in [1.807, 2.05) is 0 Å². The van der Waals surface area contributed by atoms with Gasteiger partial charge in [-0.15, -0.1) is 0 Å². The van der Waals surface area contributed by atoms with Crippen LogP contribution < -0.4 is 5.32 Å². The van der Waals surface area contributed by atoms with Crippen LogP contribution in [0.5, 0.6) is 5.75 Å². The lowest BCUT2D eigenvalue weighted by Gasteiger charge is -2.25. The molecule has 0 saturated heterocycles. The quantitative estimate of drug-likeness (QED) is 0.777. The number of phenolic OH excluding ortho intramolecular Hbond substituents is 1. The molecule has 102 valence electrons.